The lowest BCUT2D eigenvalue weighted by atomic mass is 10.0. The molecule has 0 aliphatic rings. The minimum Gasteiger partial charge on any atom is -0.329 e. The molecule has 1 aromatic rings. The smallest absolute Gasteiger partial charge is 0.263 e. The lowest BCUT2D eigenvalue weighted by molar-refractivity contribution is 0.151. The van der Waals surface area contributed by atoms with Gasteiger partial charge in [-0.2, -0.15) is 0 Å². The fourth-order valence-corrected chi connectivity index (χ4v) is 2.19. The van der Waals surface area contributed by atoms with E-state index in [-0.39, 0.29) is 11.6 Å². The third kappa shape index (κ3) is 5.15. The summed E-state index contributed by atoms with van der Waals surface area (Å²) in [5, 5.41) is 3.34. The van der Waals surface area contributed by atoms with Gasteiger partial charge in [0.15, 0.2) is 0 Å². The molecule has 0 aliphatic heterocycles. The maximum Gasteiger partial charge on any atom is 0.263 e. The maximum absolute atomic E-state index is 12.7. The number of rotatable bonds is 9. The molecular weight excluding hydrogens is 260 g/mol. The molecule has 0 saturated heterocycles. The van der Waals surface area contributed by atoms with Gasteiger partial charge in [-0.05, 0) is 24.7 Å². The Kier molecular flexibility index (Phi) is 7.65. The van der Waals surface area contributed by atoms with Crippen LogP contribution >= 0.6 is 0 Å². The minimum absolute atomic E-state index is 0.0477. The third-order valence-corrected chi connectivity index (χ3v) is 3.51. The van der Waals surface area contributed by atoms with Crippen molar-refractivity contribution in [2.75, 3.05) is 32.7 Å². The Labute approximate surface area is 120 Å². The van der Waals surface area contributed by atoms with Crippen molar-refractivity contribution in [2.45, 2.75) is 26.3 Å². The number of nitrogens with zero attached hydrogens (tertiary/aromatic N) is 1. The van der Waals surface area contributed by atoms with Crippen LogP contribution in [0.5, 0.6) is 0 Å². The Morgan fingerprint density at radius 1 is 1.20 bits per heavy atom. The Morgan fingerprint density at radius 3 is 2.40 bits per heavy atom. The van der Waals surface area contributed by atoms with Gasteiger partial charge in [0, 0.05) is 31.2 Å². The molecule has 0 amide bonds. The van der Waals surface area contributed by atoms with Crippen molar-refractivity contribution in [1.82, 2.24) is 10.2 Å². The van der Waals surface area contributed by atoms with E-state index in [0.29, 0.717) is 6.54 Å². The maximum atomic E-state index is 12.7. The van der Waals surface area contributed by atoms with Gasteiger partial charge >= 0.3 is 0 Å². The quantitative estimate of drug-likeness (QED) is 0.732. The molecule has 0 radical (unpaired) electrons. The minimum atomic E-state index is -2.44. The summed E-state index contributed by atoms with van der Waals surface area (Å²) in [6, 6.07) is 6.40. The van der Waals surface area contributed by atoms with Crippen LogP contribution in [0.25, 0.3) is 0 Å². The monoisotopic (exact) mass is 285 g/mol. The average molecular weight is 285 g/mol. The second-order valence-corrected chi connectivity index (χ2v) is 4.74. The van der Waals surface area contributed by atoms with E-state index in [1.54, 1.807) is 6.07 Å². The number of alkyl halides is 2. The number of benzene rings is 1. The Balaban J connectivity index is 2.59. The number of nitrogens with two attached hydrogens (primary N) is 1. The van der Waals surface area contributed by atoms with Gasteiger partial charge in [0.2, 0.25) is 0 Å². The van der Waals surface area contributed by atoms with E-state index in [1.807, 2.05) is 6.07 Å². The fraction of sp³-hybridized carbons (Fsp3) is 0.600. The van der Waals surface area contributed by atoms with Crippen LogP contribution in [0, 0.1) is 0 Å². The summed E-state index contributed by atoms with van der Waals surface area (Å²) in [6.07, 6.45) is -2.44. The molecule has 3 N–H and O–H groups in total. The molecule has 0 spiro atoms. The number of nitrogens with one attached hydrogen (secondary N) is 1. The third-order valence-electron chi connectivity index (χ3n) is 3.51. The summed E-state index contributed by atoms with van der Waals surface area (Å²) < 4.78 is 25.4. The van der Waals surface area contributed by atoms with E-state index < -0.39 is 6.43 Å². The lowest BCUT2D eigenvalue weighted by Crippen LogP contribution is -2.36. The highest BCUT2D eigenvalue weighted by molar-refractivity contribution is 5.27. The molecule has 0 heterocycles. The molecule has 0 saturated carbocycles. The van der Waals surface area contributed by atoms with Crippen molar-refractivity contribution in [1.29, 1.82) is 0 Å². The summed E-state index contributed by atoms with van der Waals surface area (Å²) in [5.74, 6) is 0. The van der Waals surface area contributed by atoms with Gasteiger partial charge in [0.05, 0.1) is 0 Å². The van der Waals surface area contributed by atoms with Crippen molar-refractivity contribution in [3.63, 3.8) is 0 Å². The van der Waals surface area contributed by atoms with Gasteiger partial charge in [-0.25, -0.2) is 8.78 Å². The number of halogens is 2. The lowest BCUT2D eigenvalue weighted by Gasteiger charge is -2.22. The predicted octanol–water partition coefficient (Wildman–Crippen LogP) is 2.56. The summed E-state index contributed by atoms with van der Waals surface area (Å²) in [5.41, 5.74) is 6.62. The molecule has 3 nitrogen and oxygen atoms in total. The zero-order valence-corrected chi connectivity index (χ0v) is 12.3. The fourth-order valence-electron chi connectivity index (χ4n) is 2.19. The molecule has 0 aromatic heterocycles. The highest BCUT2D eigenvalue weighted by atomic mass is 19.3. The normalized spacial score (nSPS) is 13.2. The van der Waals surface area contributed by atoms with Gasteiger partial charge in [-0.15, -0.1) is 0 Å². The Bertz CT molecular complexity index is 381. The summed E-state index contributed by atoms with van der Waals surface area (Å²) >= 11 is 0. The Hall–Kier alpha value is -1.04. The molecule has 1 unspecified atom stereocenters. The van der Waals surface area contributed by atoms with Crippen LogP contribution in [0.15, 0.2) is 24.3 Å². The molecule has 20 heavy (non-hydrogen) atoms. The van der Waals surface area contributed by atoms with Crippen molar-refractivity contribution >= 4 is 0 Å². The van der Waals surface area contributed by atoms with Crippen LogP contribution in [0.1, 0.15) is 37.4 Å². The van der Waals surface area contributed by atoms with Gasteiger partial charge in [-0.1, -0.05) is 32.0 Å². The number of hydrogen-bond donors (Lipinski definition) is 2. The highest BCUT2D eigenvalue weighted by Gasteiger charge is 2.13. The van der Waals surface area contributed by atoms with Crippen molar-refractivity contribution < 1.29 is 8.78 Å². The van der Waals surface area contributed by atoms with Crippen molar-refractivity contribution in [3.8, 4) is 0 Å². The Morgan fingerprint density at radius 2 is 1.85 bits per heavy atom. The summed E-state index contributed by atoms with van der Waals surface area (Å²) in [4.78, 5) is 2.30. The summed E-state index contributed by atoms with van der Waals surface area (Å²) in [7, 11) is 0. The molecule has 114 valence electrons. The molecule has 5 heteroatoms. The first kappa shape index (κ1) is 17.0. The average Bonchev–Trinajstić information content (AvgIpc) is 2.48. The molecule has 0 fully saturated rings. The van der Waals surface area contributed by atoms with E-state index in [1.165, 1.54) is 12.1 Å². The van der Waals surface area contributed by atoms with E-state index in [2.05, 4.69) is 24.1 Å². The van der Waals surface area contributed by atoms with Crippen molar-refractivity contribution in [2.24, 2.45) is 5.73 Å². The summed E-state index contributed by atoms with van der Waals surface area (Å²) in [6.45, 7) is 8.37. The largest absolute Gasteiger partial charge is 0.329 e. The SMILES string of the molecule is CCN(CC)CCNC(CN)c1cccc(C(F)F)c1. The van der Waals surface area contributed by atoms with E-state index >= 15 is 0 Å². The van der Waals surface area contributed by atoms with Crippen LogP contribution in [0.4, 0.5) is 8.78 Å². The van der Waals surface area contributed by atoms with Gasteiger partial charge in [0.1, 0.15) is 0 Å². The number of hydrogen-bond acceptors (Lipinski definition) is 3. The van der Waals surface area contributed by atoms with Crippen LogP contribution in [-0.4, -0.2) is 37.6 Å². The van der Waals surface area contributed by atoms with E-state index in [9.17, 15) is 8.78 Å². The first-order valence-electron chi connectivity index (χ1n) is 7.16. The molecule has 0 aliphatic carbocycles. The molecule has 1 rings (SSSR count). The topological polar surface area (TPSA) is 41.3 Å². The van der Waals surface area contributed by atoms with Crippen LogP contribution in [0.2, 0.25) is 0 Å². The van der Waals surface area contributed by atoms with Gasteiger partial charge in [0.25, 0.3) is 6.43 Å². The van der Waals surface area contributed by atoms with Crippen molar-refractivity contribution in [3.05, 3.63) is 35.4 Å². The first-order valence-corrected chi connectivity index (χ1v) is 7.16. The van der Waals surface area contributed by atoms with Crippen LogP contribution in [0.3, 0.4) is 0 Å². The first-order chi connectivity index (χ1) is 9.62. The second kappa shape index (κ2) is 9.00. The molecule has 0 bridgehead atoms. The van der Waals surface area contributed by atoms with E-state index in [0.717, 1.165) is 31.7 Å². The standard InChI is InChI=1S/C15H25F2N3/c1-3-20(4-2)9-8-19-14(11-18)12-6-5-7-13(10-12)15(16)17/h5-7,10,14-15,19H,3-4,8-9,11,18H2,1-2H3. The number of likely N-dealkylation sites (N-methyl/N-ethyl adjacent to an activating group) is 1. The van der Waals surface area contributed by atoms with E-state index in [4.69, 9.17) is 5.73 Å². The molecule has 1 aromatic carbocycles. The predicted molar refractivity (Wildman–Crippen MR) is 79.0 cm³/mol. The molecule has 1 atom stereocenters. The zero-order chi connectivity index (χ0) is 15.0. The molecular formula is C15H25F2N3. The second-order valence-electron chi connectivity index (χ2n) is 4.74. The van der Waals surface area contributed by atoms with Gasteiger partial charge in [-0.3, -0.25) is 0 Å². The zero-order valence-electron chi connectivity index (χ0n) is 12.3. The van der Waals surface area contributed by atoms with Gasteiger partial charge < -0.3 is 16.0 Å². The van der Waals surface area contributed by atoms with Crippen LogP contribution in [-0.2, 0) is 0 Å². The van der Waals surface area contributed by atoms with Crippen LogP contribution < -0.4 is 11.1 Å². The highest BCUT2D eigenvalue weighted by Crippen LogP contribution is 2.22.